The lowest BCUT2D eigenvalue weighted by atomic mass is 9.77. The summed E-state index contributed by atoms with van der Waals surface area (Å²) in [4.78, 5) is 30.7. The summed E-state index contributed by atoms with van der Waals surface area (Å²) in [6, 6.07) is 3.51. The highest BCUT2D eigenvalue weighted by atomic mass is 32.2. The number of aliphatic hydroxyl groups is 1. The summed E-state index contributed by atoms with van der Waals surface area (Å²) in [5.74, 6) is -1.43. The van der Waals surface area contributed by atoms with E-state index in [1.807, 2.05) is 12.1 Å². The van der Waals surface area contributed by atoms with Crippen molar-refractivity contribution in [3.8, 4) is 0 Å². The molecule has 4 N–H and O–H groups in total. The first-order chi connectivity index (χ1) is 13.0. The van der Waals surface area contributed by atoms with Gasteiger partial charge in [-0.1, -0.05) is 12.5 Å². The molecule has 3 rings (SSSR count). The maximum Gasteiger partial charge on any atom is 0.353 e. The van der Waals surface area contributed by atoms with Crippen LogP contribution in [0.1, 0.15) is 31.7 Å². The Morgan fingerprint density at radius 2 is 2.22 bits per heavy atom. The van der Waals surface area contributed by atoms with Crippen LogP contribution in [0.5, 0.6) is 0 Å². The van der Waals surface area contributed by atoms with E-state index in [0.29, 0.717) is 12.3 Å². The first-order valence-electron chi connectivity index (χ1n) is 9.17. The number of amides is 1. The van der Waals surface area contributed by atoms with Crippen LogP contribution < -0.4 is 5.73 Å². The first kappa shape index (κ1) is 19.9. The van der Waals surface area contributed by atoms with Crippen LogP contribution >= 0.6 is 11.8 Å². The van der Waals surface area contributed by atoms with Crippen molar-refractivity contribution in [2.24, 2.45) is 17.6 Å². The molecule has 27 heavy (non-hydrogen) atoms. The number of aliphatic hydroxyl groups excluding tert-OH is 1. The van der Waals surface area contributed by atoms with Crippen molar-refractivity contribution < 1.29 is 19.8 Å². The third-order valence-corrected chi connectivity index (χ3v) is 6.51. The predicted octanol–water partition coefficient (Wildman–Crippen LogP) is 1.58. The number of rotatable bonds is 9. The number of aliphatic carboxylic acids is 1. The van der Waals surface area contributed by atoms with E-state index < -0.39 is 18.0 Å². The number of unbranched alkanes of at least 4 members (excludes halogenated alkanes) is 1. The van der Waals surface area contributed by atoms with Crippen molar-refractivity contribution in [2.75, 3.05) is 6.54 Å². The van der Waals surface area contributed by atoms with E-state index in [4.69, 9.17) is 5.73 Å². The second kappa shape index (κ2) is 8.41. The number of β-lactam (4-membered cyclic amide) rings is 1. The molecule has 1 saturated heterocycles. The summed E-state index contributed by atoms with van der Waals surface area (Å²) in [6.45, 7) is 2.17. The van der Waals surface area contributed by atoms with Gasteiger partial charge >= 0.3 is 5.97 Å². The number of fused-ring (bicyclic) bond motifs is 1. The van der Waals surface area contributed by atoms with E-state index in [2.05, 4.69) is 4.98 Å². The summed E-state index contributed by atoms with van der Waals surface area (Å²) < 4.78 is 0. The van der Waals surface area contributed by atoms with Crippen molar-refractivity contribution in [3.05, 3.63) is 40.7 Å². The van der Waals surface area contributed by atoms with Crippen LogP contribution in [0.2, 0.25) is 0 Å². The standard InChI is InChI=1S/C19H25N3O4S/c1-11(23)14-15-13(6-2-3-7-20)17(16(19(25)26)22(15)18(14)24)27-10-12-5-4-8-21-9-12/h4-5,8-9,11,13-15,23H,2-3,6-7,10,20H2,1H3,(H,25,26)/t11-,13-,14-,15-/m1/s1. The number of carbonyl (C=O) groups excluding carboxylic acids is 1. The number of hydrogen-bond acceptors (Lipinski definition) is 6. The number of carboxylic acids is 1. The highest BCUT2D eigenvalue weighted by Gasteiger charge is 2.60. The Balaban J connectivity index is 1.89. The van der Waals surface area contributed by atoms with Crippen molar-refractivity contribution in [3.63, 3.8) is 0 Å². The molecule has 7 nitrogen and oxygen atoms in total. The molecule has 146 valence electrons. The van der Waals surface area contributed by atoms with Crippen molar-refractivity contribution >= 4 is 23.6 Å². The van der Waals surface area contributed by atoms with Crippen LogP contribution in [0.15, 0.2) is 35.1 Å². The van der Waals surface area contributed by atoms with Gasteiger partial charge < -0.3 is 20.8 Å². The van der Waals surface area contributed by atoms with Crippen molar-refractivity contribution in [1.29, 1.82) is 0 Å². The Kier molecular flexibility index (Phi) is 6.18. The van der Waals surface area contributed by atoms with Gasteiger partial charge in [-0.15, -0.1) is 11.8 Å². The average molecular weight is 391 g/mol. The summed E-state index contributed by atoms with van der Waals surface area (Å²) in [7, 11) is 0. The molecular formula is C19H25N3O4S. The van der Waals surface area contributed by atoms with E-state index >= 15 is 0 Å². The zero-order valence-electron chi connectivity index (χ0n) is 15.2. The Labute approximate surface area is 162 Å². The molecule has 1 amide bonds. The lowest BCUT2D eigenvalue weighted by Gasteiger charge is -2.47. The normalized spacial score (nSPS) is 25.4. The molecule has 0 spiro atoms. The number of nitrogens with two attached hydrogens (primary N) is 1. The molecule has 0 aromatic carbocycles. The van der Waals surface area contributed by atoms with Gasteiger partial charge in [-0.25, -0.2) is 4.79 Å². The number of nitrogens with zero attached hydrogens (tertiary/aromatic N) is 2. The molecule has 0 bridgehead atoms. The van der Waals surface area contributed by atoms with Crippen molar-refractivity contribution in [1.82, 2.24) is 9.88 Å². The zero-order chi connectivity index (χ0) is 19.6. The van der Waals surface area contributed by atoms with E-state index in [9.17, 15) is 19.8 Å². The number of thioether (sulfide) groups is 1. The maximum absolute atomic E-state index is 12.5. The molecule has 3 heterocycles. The fourth-order valence-electron chi connectivity index (χ4n) is 4.00. The highest BCUT2D eigenvalue weighted by molar-refractivity contribution is 8.02. The number of pyridine rings is 1. The third-order valence-electron chi connectivity index (χ3n) is 5.22. The van der Waals surface area contributed by atoms with E-state index in [1.165, 1.54) is 16.7 Å². The van der Waals surface area contributed by atoms with E-state index in [1.54, 1.807) is 19.3 Å². The summed E-state index contributed by atoms with van der Waals surface area (Å²) in [6.07, 6.45) is 5.11. The molecule has 1 aromatic heterocycles. The molecule has 2 aliphatic rings. The second-order valence-corrected chi connectivity index (χ2v) is 8.04. The van der Waals surface area contributed by atoms with Crippen molar-refractivity contribution in [2.45, 2.75) is 44.1 Å². The predicted molar refractivity (Wildman–Crippen MR) is 102 cm³/mol. The molecule has 8 heteroatoms. The molecule has 0 unspecified atom stereocenters. The Morgan fingerprint density at radius 1 is 1.44 bits per heavy atom. The monoisotopic (exact) mass is 391 g/mol. The van der Waals surface area contributed by atoms with Gasteiger partial charge in [0.15, 0.2) is 0 Å². The highest BCUT2D eigenvalue weighted by Crippen LogP contribution is 2.52. The molecule has 1 fully saturated rings. The Bertz CT molecular complexity index is 738. The minimum absolute atomic E-state index is 0.0774. The molecule has 2 aliphatic heterocycles. The molecule has 4 atom stereocenters. The van der Waals surface area contributed by atoms with Crippen LogP contribution in [0.4, 0.5) is 0 Å². The molecular weight excluding hydrogens is 366 g/mol. The quantitative estimate of drug-likeness (QED) is 0.432. The van der Waals surface area contributed by atoms with E-state index in [0.717, 1.165) is 29.7 Å². The van der Waals surface area contributed by atoms with Gasteiger partial charge in [0.25, 0.3) is 0 Å². The van der Waals surface area contributed by atoms with Gasteiger partial charge in [-0.2, -0.15) is 0 Å². The molecule has 0 aliphatic carbocycles. The van der Waals surface area contributed by atoms with Crippen LogP contribution in [0.25, 0.3) is 0 Å². The van der Waals surface area contributed by atoms with Crippen LogP contribution in [-0.2, 0) is 15.3 Å². The summed E-state index contributed by atoms with van der Waals surface area (Å²) in [5.41, 5.74) is 6.68. The van der Waals surface area contributed by atoms with Gasteiger partial charge in [-0.3, -0.25) is 9.78 Å². The van der Waals surface area contributed by atoms with Crippen LogP contribution in [0.3, 0.4) is 0 Å². The van der Waals surface area contributed by atoms with Crippen LogP contribution in [-0.4, -0.2) is 50.7 Å². The Hall–Kier alpha value is -1.90. The molecule has 0 radical (unpaired) electrons. The van der Waals surface area contributed by atoms with Crippen LogP contribution in [0, 0.1) is 11.8 Å². The largest absolute Gasteiger partial charge is 0.477 e. The van der Waals surface area contributed by atoms with Gasteiger partial charge in [-0.05, 0) is 37.9 Å². The summed E-state index contributed by atoms with van der Waals surface area (Å²) >= 11 is 1.46. The lowest BCUT2D eigenvalue weighted by Crippen LogP contribution is -2.63. The fraction of sp³-hybridized carbons (Fsp3) is 0.526. The topological polar surface area (TPSA) is 117 Å². The number of hydrogen-bond donors (Lipinski definition) is 3. The zero-order valence-corrected chi connectivity index (χ0v) is 16.1. The smallest absolute Gasteiger partial charge is 0.353 e. The van der Waals surface area contributed by atoms with Gasteiger partial charge in [0.05, 0.1) is 18.1 Å². The van der Waals surface area contributed by atoms with Gasteiger partial charge in [0.1, 0.15) is 5.70 Å². The molecule has 1 aromatic rings. The van der Waals surface area contributed by atoms with E-state index in [-0.39, 0.29) is 23.6 Å². The minimum Gasteiger partial charge on any atom is -0.477 e. The lowest BCUT2D eigenvalue weighted by molar-refractivity contribution is -0.163. The minimum atomic E-state index is -1.09. The number of aromatic nitrogens is 1. The second-order valence-electron chi connectivity index (χ2n) is 7.02. The fourth-order valence-corrected chi connectivity index (χ4v) is 5.29. The SMILES string of the molecule is C[C@@H](O)[C@H]1C(=O)N2C(C(=O)O)=C(SCc3cccnc3)[C@H](CCCCN)[C@H]12. The van der Waals surface area contributed by atoms with Gasteiger partial charge in [0.2, 0.25) is 5.91 Å². The van der Waals surface area contributed by atoms with Gasteiger partial charge in [0, 0.05) is 29.0 Å². The number of carbonyl (C=O) groups is 2. The third kappa shape index (κ3) is 3.74. The summed E-state index contributed by atoms with van der Waals surface area (Å²) in [5, 5.41) is 19.8. The molecule has 0 saturated carbocycles. The Morgan fingerprint density at radius 3 is 2.81 bits per heavy atom. The first-order valence-corrected chi connectivity index (χ1v) is 10.2. The maximum atomic E-state index is 12.5. The number of carboxylic acid groups (broad SMARTS) is 1. The average Bonchev–Trinajstić information content (AvgIpc) is 2.91.